The number of carboxylic acids is 1. The van der Waals surface area contributed by atoms with Gasteiger partial charge < -0.3 is 15.2 Å². The highest BCUT2D eigenvalue weighted by Crippen LogP contribution is 2.39. The van der Waals surface area contributed by atoms with Crippen LogP contribution >= 0.6 is 0 Å². The lowest BCUT2D eigenvalue weighted by atomic mass is 9.82. The number of hydrogen-bond donors (Lipinski definition) is 2. The molecule has 1 aliphatic carbocycles. The van der Waals surface area contributed by atoms with E-state index in [4.69, 9.17) is 4.74 Å². The Morgan fingerprint density at radius 1 is 1.11 bits per heavy atom. The number of rotatable bonds is 3. The molecular formula is C13H17NO4. The Labute approximate surface area is 105 Å². The van der Waals surface area contributed by atoms with Crippen LogP contribution in [0.1, 0.15) is 25.7 Å². The van der Waals surface area contributed by atoms with Gasteiger partial charge in [-0.1, -0.05) is 25.0 Å². The van der Waals surface area contributed by atoms with Gasteiger partial charge >= 0.3 is 5.97 Å². The number of carbonyl (C=O) groups excluding carboxylic acids is 1. The average molecular weight is 251 g/mol. The summed E-state index contributed by atoms with van der Waals surface area (Å²) < 4.78 is 5.49. The first-order valence-electron chi connectivity index (χ1n) is 6.54. The summed E-state index contributed by atoms with van der Waals surface area (Å²) in [5.74, 6) is -2.41. The molecule has 1 saturated carbocycles. The Kier molecular flexibility index (Phi) is 2.86. The van der Waals surface area contributed by atoms with Crippen LogP contribution in [0.25, 0.3) is 0 Å². The van der Waals surface area contributed by atoms with Crippen LogP contribution in [0.15, 0.2) is 12.2 Å². The van der Waals surface area contributed by atoms with Crippen molar-refractivity contribution in [2.45, 2.75) is 43.9 Å². The monoisotopic (exact) mass is 251 g/mol. The molecule has 2 fully saturated rings. The summed E-state index contributed by atoms with van der Waals surface area (Å²) in [4.78, 5) is 23.5. The van der Waals surface area contributed by atoms with Gasteiger partial charge in [0, 0.05) is 6.04 Å². The summed E-state index contributed by atoms with van der Waals surface area (Å²) in [6.07, 6.45) is 7.04. The Bertz CT molecular complexity index is 400. The van der Waals surface area contributed by atoms with E-state index in [-0.39, 0.29) is 18.1 Å². The van der Waals surface area contributed by atoms with E-state index < -0.39 is 23.9 Å². The third kappa shape index (κ3) is 1.82. The van der Waals surface area contributed by atoms with Crippen LogP contribution in [0, 0.1) is 11.8 Å². The van der Waals surface area contributed by atoms with Gasteiger partial charge in [-0.15, -0.1) is 0 Å². The summed E-state index contributed by atoms with van der Waals surface area (Å²) in [5.41, 5.74) is 0. The van der Waals surface area contributed by atoms with Gasteiger partial charge in [0.15, 0.2) is 0 Å². The van der Waals surface area contributed by atoms with E-state index in [1.54, 1.807) is 6.08 Å². The minimum atomic E-state index is -0.946. The van der Waals surface area contributed by atoms with Crippen molar-refractivity contribution >= 4 is 11.9 Å². The molecule has 0 spiro atoms. The quantitative estimate of drug-likeness (QED) is 0.724. The van der Waals surface area contributed by atoms with Crippen molar-refractivity contribution in [3.63, 3.8) is 0 Å². The molecule has 1 amide bonds. The summed E-state index contributed by atoms with van der Waals surface area (Å²) in [6.45, 7) is 0. The molecule has 0 aromatic carbocycles. The second kappa shape index (κ2) is 4.39. The molecule has 2 N–H and O–H groups in total. The number of nitrogens with one attached hydrogen (secondary N) is 1. The Morgan fingerprint density at radius 3 is 2.33 bits per heavy atom. The van der Waals surface area contributed by atoms with E-state index in [0.717, 1.165) is 25.7 Å². The number of carbonyl (C=O) groups is 2. The van der Waals surface area contributed by atoms with Crippen LogP contribution in [-0.4, -0.2) is 35.2 Å². The number of fused-ring (bicyclic) bond motifs is 2. The van der Waals surface area contributed by atoms with Gasteiger partial charge in [0.1, 0.15) is 5.92 Å². The summed E-state index contributed by atoms with van der Waals surface area (Å²) >= 11 is 0. The van der Waals surface area contributed by atoms with Crippen LogP contribution in [-0.2, 0) is 14.3 Å². The predicted molar refractivity (Wildman–Crippen MR) is 62.8 cm³/mol. The molecule has 98 valence electrons. The molecule has 3 rings (SSSR count). The molecule has 5 nitrogen and oxygen atoms in total. The molecule has 2 bridgehead atoms. The van der Waals surface area contributed by atoms with Crippen molar-refractivity contribution in [1.29, 1.82) is 0 Å². The molecule has 1 saturated heterocycles. The zero-order chi connectivity index (χ0) is 12.7. The Hall–Kier alpha value is -1.36. The van der Waals surface area contributed by atoms with Crippen molar-refractivity contribution in [3.05, 3.63) is 12.2 Å². The zero-order valence-electron chi connectivity index (χ0n) is 10.0. The molecule has 4 atom stereocenters. The van der Waals surface area contributed by atoms with Gasteiger partial charge in [0.2, 0.25) is 5.91 Å². The average Bonchev–Trinajstić information content (AvgIpc) is 3.03. The first kappa shape index (κ1) is 11.7. The smallest absolute Gasteiger partial charge is 0.310 e. The second-order valence-electron chi connectivity index (χ2n) is 5.33. The highest BCUT2D eigenvalue weighted by atomic mass is 16.5. The number of ether oxygens (including phenoxy) is 1. The second-order valence-corrected chi connectivity index (χ2v) is 5.33. The standard InChI is InChI=1S/C13H17NO4/c15-12(14-7-3-1-2-4-7)10-8-5-6-9(18-8)11(10)13(16)17/h5-11H,1-4H2,(H,14,15)(H,16,17)/t8-,9-,10+,11-/m1/s1. The summed E-state index contributed by atoms with van der Waals surface area (Å²) in [7, 11) is 0. The highest BCUT2D eigenvalue weighted by Gasteiger charge is 2.53. The normalized spacial score (nSPS) is 38.2. The maximum Gasteiger partial charge on any atom is 0.310 e. The maximum atomic E-state index is 12.2. The molecule has 0 aromatic rings. The third-order valence-electron chi connectivity index (χ3n) is 4.19. The zero-order valence-corrected chi connectivity index (χ0v) is 10.0. The van der Waals surface area contributed by atoms with E-state index in [9.17, 15) is 14.7 Å². The molecule has 3 aliphatic rings. The number of carboxylic acid groups (broad SMARTS) is 1. The SMILES string of the molecule is O=C(NC1CCCC1)[C@@H]1[C@H](C(=O)O)[C@H]2C=C[C@H]1O2. The van der Waals surface area contributed by atoms with Gasteiger partial charge in [-0.05, 0) is 12.8 Å². The van der Waals surface area contributed by atoms with E-state index >= 15 is 0 Å². The van der Waals surface area contributed by atoms with Gasteiger partial charge in [0.05, 0.1) is 18.1 Å². The molecule has 5 heteroatoms. The largest absolute Gasteiger partial charge is 0.481 e. The van der Waals surface area contributed by atoms with Crippen LogP contribution in [0.2, 0.25) is 0 Å². The van der Waals surface area contributed by atoms with Gasteiger partial charge in [-0.25, -0.2) is 0 Å². The van der Waals surface area contributed by atoms with Crippen molar-refractivity contribution in [2.24, 2.45) is 11.8 Å². The van der Waals surface area contributed by atoms with Crippen molar-refractivity contribution < 1.29 is 19.4 Å². The fourth-order valence-electron chi connectivity index (χ4n) is 3.28. The topological polar surface area (TPSA) is 75.6 Å². The predicted octanol–water partition coefficient (Wildman–Crippen LogP) is 0.699. The summed E-state index contributed by atoms with van der Waals surface area (Å²) in [6, 6.07) is 0.218. The van der Waals surface area contributed by atoms with E-state index in [1.807, 2.05) is 6.08 Å². The molecule has 0 aromatic heterocycles. The number of hydrogen-bond acceptors (Lipinski definition) is 3. The Balaban J connectivity index is 1.71. The van der Waals surface area contributed by atoms with Crippen LogP contribution in [0.3, 0.4) is 0 Å². The lowest BCUT2D eigenvalue weighted by molar-refractivity contribution is -0.146. The van der Waals surface area contributed by atoms with Gasteiger partial charge in [0.25, 0.3) is 0 Å². The van der Waals surface area contributed by atoms with Crippen LogP contribution in [0.5, 0.6) is 0 Å². The maximum absolute atomic E-state index is 12.2. The molecule has 0 radical (unpaired) electrons. The first-order valence-corrected chi connectivity index (χ1v) is 6.54. The fraction of sp³-hybridized carbons (Fsp3) is 0.692. The first-order chi connectivity index (χ1) is 8.66. The highest BCUT2D eigenvalue weighted by molar-refractivity contribution is 5.87. The van der Waals surface area contributed by atoms with Gasteiger partial charge in [-0.2, -0.15) is 0 Å². The number of aliphatic carboxylic acids is 1. The summed E-state index contributed by atoms with van der Waals surface area (Å²) in [5, 5.41) is 12.2. The van der Waals surface area contributed by atoms with Crippen molar-refractivity contribution in [3.8, 4) is 0 Å². The minimum absolute atomic E-state index is 0.161. The van der Waals surface area contributed by atoms with E-state index in [2.05, 4.69) is 5.32 Å². The Morgan fingerprint density at radius 2 is 1.72 bits per heavy atom. The lowest BCUT2D eigenvalue weighted by Gasteiger charge is -2.23. The van der Waals surface area contributed by atoms with Crippen LogP contribution < -0.4 is 5.32 Å². The van der Waals surface area contributed by atoms with Gasteiger partial charge in [-0.3, -0.25) is 9.59 Å². The molecular weight excluding hydrogens is 234 g/mol. The lowest BCUT2D eigenvalue weighted by Crippen LogP contribution is -2.45. The van der Waals surface area contributed by atoms with Crippen molar-refractivity contribution in [1.82, 2.24) is 5.32 Å². The van der Waals surface area contributed by atoms with Crippen LogP contribution in [0.4, 0.5) is 0 Å². The fourth-order valence-corrected chi connectivity index (χ4v) is 3.28. The van der Waals surface area contributed by atoms with E-state index in [1.165, 1.54) is 0 Å². The third-order valence-corrected chi connectivity index (χ3v) is 4.19. The molecule has 2 heterocycles. The molecule has 18 heavy (non-hydrogen) atoms. The molecule has 0 unspecified atom stereocenters. The van der Waals surface area contributed by atoms with Crippen molar-refractivity contribution in [2.75, 3.05) is 0 Å². The minimum Gasteiger partial charge on any atom is -0.481 e. The van der Waals surface area contributed by atoms with E-state index in [0.29, 0.717) is 0 Å². The molecule has 2 aliphatic heterocycles. The number of amides is 1.